The van der Waals surface area contributed by atoms with Crippen LogP contribution in [0.25, 0.3) is 0 Å². The molecule has 3 N–H and O–H groups in total. The van der Waals surface area contributed by atoms with Crippen molar-refractivity contribution in [2.24, 2.45) is 0 Å². The number of aromatic nitrogens is 1. The first-order valence-corrected chi connectivity index (χ1v) is 16.0. The van der Waals surface area contributed by atoms with Gasteiger partial charge in [-0.3, -0.25) is 28.8 Å². The van der Waals surface area contributed by atoms with Crippen LogP contribution in [0.5, 0.6) is 0 Å². The van der Waals surface area contributed by atoms with Crippen LogP contribution in [0, 0.1) is 6.92 Å². The number of hydrogen-bond acceptors (Lipinski definition) is 12. The van der Waals surface area contributed by atoms with Gasteiger partial charge < -0.3 is 34.9 Å². The zero-order valence-corrected chi connectivity index (χ0v) is 28.4. The van der Waals surface area contributed by atoms with E-state index < -0.39 is 59.2 Å². The number of esters is 2. The maximum Gasteiger partial charge on any atom is 0.307 e. The molecule has 0 saturated carbocycles. The molecule has 4 atom stereocenters. The van der Waals surface area contributed by atoms with Crippen molar-refractivity contribution >= 4 is 46.8 Å². The summed E-state index contributed by atoms with van der Waals surface area (Å²) in [6.07, 6.45) is 1.02. The van der Waals surface area contributed by atoms with Crippen LogP contribution in [-0.2, 0) is 49.3 Å². The Labute approximate surface area is 278 Å². The van der Waals surface area contributed by atoms with Crippen LogP contribution < -0.4 is 16.0 Å². The molecule has 15 heteroatoms. The first kappa shape index (κ1) is 39.0. The van der Waals surface area contributed by atoms with E-state index in [9.17, 15) is 28.8 Å². The van der Waals surface area contributed by atoms with Gasteiger partial charge in [0.2, 0.25) is 11.8 Å². The molecule has 258 valence electrons. The van der Waals surface area contributed by atoms with E-state index >= 15 is 0 Å². The fraction of sp³-hybridized carbons (Fsp3) is 0.531. The number of hydrogen-bond donors (Lipinski definition) is 3. The third-order valence-electron chi connectivity index (χ3n) is 7.06. The van der Waals surface area contributed by atoms with E-state index in [4.69, 9.17) is 18.9 Å². The fourth-order valence-electron chi connectivity index (χ4n) is 4.40. The summed E-state index contributed by atoms with van der Waals surface area (Å²) in [5.74, 6) is -3.94. The van der Waals surface area contributed by atoms with E-state index in [2.05, 4.69) is 20.9 Å². The van der Waals surface area contributed by atoms with Crippen molar-refractivity contribution in [2.45, 2.75) is 77.1 Å². The summed E-state index contributed by atoms with van der Waals surface area (Å²) in [7, 11) is 2.69. The lowest BCUT2D eigenvalue weighted by atomic mass is 9.88. The summed E-state index contributed by atoms with van der Waals surface area (Å²) in [6.45, 7) is 6.19. The van der Waals surface area contributed by atoms with Crippen LogP contribution >= 0.6 is 11.3 Å². The van der Waals surface area contributed by atoms with Gasteiger partial charge in [-0.25, -0.2) is 4.98 Å². The SMILES string of the molecule is CCOC(=O)CCC(=O)O[C@](C)(CC)C(=O)[C@H](Cc1ccccc1)NC(=O)[C@H](COC)NC(=O)[C@H](COC)NC(=O)c1cnc(C)s1. The van der Waals surface area contributed by atoms with E-state index in [0.29, 0.717) is 15.4 Å². The second-order valence-corrected chi connectivity index (χ2v) is 12.0. The lowest BCUT2D eigenvalue weighted by Gasteiger charge is -2.32. The lowest BCUT2D eigenvalue weighted by molar-refractivity contribution is -0.168. The van der Waals surface area contributed by atoms with Gasteiger partial charge in [0, 0.05) is 14.2 Å². The van der Waals surface area contributed by atoms with E-state index in [1.54, 1.807) is 51.1 Å². The number of thiazole rings is 1. The van der Waals surface area contributed by atoms with E-state index in [-0.39, 0.29) is 45.5 Å². The van der Waals surface area contributed by atoms with Crippen LogP contribution in [0.1, 0.15) is 60.3 Å². The number of nitrogens with zero attached hydrogens (tertiary/aromatic N) is 1. The molecule has 2 rings (SSSR count). The van der Waals surface area contributed by atoms with Crippen molar-refractivity contribution in [1.82, 2.24) is 20.9 Å². The molecule has 0 saturated heterocycles. The molecule has 1 aromatic heterocycles. The summed E-state index contributed by atoms with van der Waals surface area (Å²) in [4.78, 5) is 82.3. The lowest BCUT2D eigenvalue weighted by Crippen LogP contribution is -2.60. The summed E-state index contributed by atoms with van der Waals surface area (Å²) < 4.78 is 20.8. The molecule has 0 bridgehead atoms. The molecular weight excluding hydrogens is 632 g/mol. The average Bonchev–Trinajstić information content (AvgIpc) is 3.49. The number of ketones is 1. The summed E-state index contributed by atoms with van der Waals surface area (Å²) in [6, 6.07) is 5.28. The van der Waals surface area contributed by atoms with Gasteiger partial charge in [-0.05, 0) is 39.2 Å². The molecule has 0 unspecified atom stereocenters. The van der Waals surface area contributed by atoms with Crippen molar-refractivity contribution in [3.8, 4) is 0 Å². The number of carbonyl (C=O) groups is 6. The van der Waals surface area contributed by atoms with Gasteiger partial charge in [-0.15, -0.1) is 11.3 Å². The normalized spacial score (nSPS) is 14.1. The molecule has 0 aliphatic rings. The second-order valence-electron chi connectivity index (χ2n) is 10.7. The first-order chi connectivity index (χ1) is 22.4. The van der Waals surface area contributed by atoms with Crippen LogP contribution in [0.3, 0.4) is 0 Å². The highest BCUT2D eigenvalue weighted by atomic mass is 32.1. The Morgan fingerprint density at radius 2 is 1.43 bits per heavy atom. The molecule has 0 aliphatic carbocycles. The maximum atomic E-state index is 14.0. The van der Waals surface area contributed by atoms with Crippen LogP contribution in [0.15, 0.2) is 36.5 Å². The molecule has 47 heavy (non-hydrogen) atoms. The Morgan fingerprint density at radius 3 is 1.96 bits per heavy atom. The van der Waals surface area contributed by atoms with Gasteiger partial charge in [-0.2, -0.15) is 0 Å². The quantitative estimate of drug-likeness (QED) is 0.173. The van der Waals surface area contributed by atoms with Gasteiger partial charge in [-0.1, -0.05) is 37.3 Å². The minimum atomic E-state index is -1.65. The molecule has 0 aliphatic heterocycles. The number of amides is 3. The van der Waals surface area contributed by atoms with Gasteiger partial charge in [0.05, 0.1) is 49.9 Å². The molecule has 2 aromatic rings. The predicted molar refractivity (Wildman–Crippen MR) is 172 cm³/mol. The van der Waals surface area contributed by atoms with E-state index in [1.165, 1.54) is 27.3 Å². The number of aryl methyl sites for hydroxylation is 1. The first-order valence-electron chi connectivity index (χ1n) is 15.1. The van der Waals surface area contributed by atoms with Crippen molar-refractivity contribution in [3.05, 3.63) is 52.0 Å². The largest absolute Gasteiger partial charge is 0.466 e. The summed E-state index contributed by atoms with van der Waals surface area (Å²) >= 11 is 1.15. The van der Waals surface area contributed by atoms with Crippen molar-refractivity contribution in [1.29, 1.82) is 0 Å². The summed E-state index contributed by atoms with van der Waals surface area (Å²) in [5.41, 5.74) is -0.937. The van der Waals surface area contributed by atoms with Crippen molar-refractivity contribution in [3.63, 3.8) is 0 Å². The van der Waals surface area contributed by atoms with Gasteiger partial charge in [0.1, 0.15) is 17.0 Å². The molecule has 14 nitrogen and oxygen atoms in total. The third kappa shape index (κ3) is 12.5. The smallest absolute Gasteiger partial charge is 0.307 e. The minimum Gasteiger partial charge on any atom is -0.466 e. The van der Waals surface area contributed by atoms with Gasteiger partial charge in [0.25, 0.3) is 5.91 Å². The van der Waals surface area contributed by atoms with Crippen molar-refractivity contribution < 1.29 is 47.7 Å². The highest BCUT2D eigenvalue weighted by Gasteiger charge is 2.41. The third-order valence-corrected chi connectivity index (χ3v) is 7.97. The average molecular weight is 677 g/mol. The standard InChI is InChI=1S/C32H44N4O10S/c1-7-32(4,46-27(38)15-14-26(37)45-8-2)28(39)22(16-21-12-10-9-11-13-21)34-29(40)23(18-43-5)35-30(41)24(19-44-6)36-31(42)25-17-33-20(3)47-25/h9-13,17,22-24H,7-8,14-16,18-19H2,1-6H3,(H,34,40)(H,35,41)(H,36,42)/t22-,23-,24-,32+/m0/s1. The second kappa shape index (κ2) is 19.5. The topological polar surface area (TPSA) is 188 Å². The van der Waals surface area contributed by atoms with Crippen LogP contribution in [0.2, 0.25) is 0 Å². The molecule has 0 radical (unpaired) electrons. The number of Topliss-reactive ketones (excluding diaryl/α,β-unsaturated/α-hetero) is 1. The van der Waals surface area contributed by atoms with Crippen LogP contribution in [-0.4, -0.2) is 98.2 Å². The maximum absolute atomic E-state index is 14.0. The van der Waals surface area contributed by atoms with E-state index in [0.717, 1.165) is 11.3 Å². The Balaban J connectivity index is 2.26. The molecular formula is C32H44N4O10S. The molecule has 3 amide bonds. The predicted octanol–water partition coefficient (Wildman–Crippen LogP) is 1.68. The number of nitrogens with one attached hydrogen (secondary N) is 3. The Kier molecular flexibility index (Phi) is 16.1. The van der Waals surface area contributed by atoms with Gasteiger partial charge in [0.15, 0.2) is 11.4 Å². The number of methoxy groups -OCH3 is 2. The number of carbonyl (C=O) groups excluding carboxylic acids is 6. The zero-order valence-electron chi connectivity index (χ0n) is 27.6. The van der Waals surface area contributed by atoms with Crippen molar-refractivity contribution in [2.75, 3.05) is 34.0 Å². The summed E-state index contributed by atoms with van der Waals surface area (Å²) in [5, 5.41) is 8.53. The number of benzene rings is 1. The molecule has 1 aromatic carbocycles. The highest BCUT2D eigenvalue weighted by molar-refractivity contribution is 7.13. The Morgan fingerprint density at radius 1 is 0.851 bits per heavy atom. The minimum absolute atomic E-state index is 0.0473. The Hall–Kier alpha value is -4.21. The van der Waals surface area contributed by atoms with Gasteiger partial charge >= 0.3 is 11.9 Å². The molecule has 0 spiro atoms. The zero-order chi connectivity index (χ0) is 35.0. The molecule has 1 heterocycles. The Bertz CT molecular complexity index is 1370. The number of rotatable bonds is 20. The monoisotopic (exact) mass is 676 g/mol. The van der Waals surface area contributed by atoms with Crippen LogP contribution in [0.4, 0.5) is 0 Å². The van der Waals surface area contributed by atoms with E-state index in [1.807, 2.05) is 0 Å². The fourth-order valence-corrected chi connectivity index (χ4v) is 5.08. The number of ether oxygens (including phenoxy) is 4. The highest BCUT2D eigenvalue weighted by Crippen LogP contribution is 2.22. The molecule has 0 fully saturated rings.